The second-order valence-electron chi connectivity index (χ2n) is 4.36. The summed E-state index contributed by atoms with van der Waals surface area (Å²) >= 11 is 3.34. The highest BCUT2D eigenvalue weighted by Gasteiger charge is 2.12. The summed E-state index contributed by atoms with van der Waals surface area (Å²) in [6, 6.07) is 11.0. The van der Waals surface area contributed by atoms with Gasteiger partial charge in [0.1, 0.15) is 5.82 Å². The van der Waals surface area contributed by atoms with Crippen LogP contribution in [0.1, 0.15) is 5.56 Å². The number of hydrogen-bond acceptors (Lipinski definition) is 3. The maximum atomic E-state index is 13.2. The molecule has 2 aromatic carbocycles. The Hall–Kier alpha value is -1.40. The predicted molar refractivity (Wildman–Crippen MR) is 81.0 cm³/mol. The molecule has 3 nitrogen and oxygen atoms in total. The lowest BCUT2D eigenvalue weighted by atomic mass is 10.2. The van der Waals surface area contributed by atoms with E-state index >= 15 is 0 Å². The molecule has 0 heterocycles. The molecule has 0 aliphatic carbocycles. The Bertz CT molecular complexity index is 732. The summed E-state index contributed by atoms with van der Waals surface area (Å²) < 4.78 is 37.3. The molecule has 1 N–H and O–H groups in total. The normalized spacial score (nSPS) is 11.3. The summed E-state index contributed by atoms with van der Waals surface area (Å²) in [5.74, 6) is -0.332. The van der Waals surface area contributed by atoms with E-state index in [2.05, 4.69) is 21.2 Å². The fourth-order valence-electron chi connectivity index (χ4n) is 1.81. The molecule has 0 atom stereocenters. The molecular formula is C14H13BrFNO2S. The summed E-state index contributed by atoms with van der Waals surface area (Å²) in [5.41, 5.74) is 1.22. The Morgan fingerprint density at radius 3 is 2.60 bits per heavy atom. The topological polar surface area (TPSA) is 46.2 Å². The average molecular weight is 358 g/mol. The second-order valence-corrected chi connectivity index (χ2v) is 7.20. The number of rotatable bonds is 4. The molecule has 0 spiro atoms. The first kappa shape index (κ1) is 15.0. The van der Waals surface area contributed by atoms with Gasteiger partial charge in [-0.1, -0.05) is 28.1 Å². The van der Waals surface area contributed by atoms with E-state index in [1.165, 1.54) is 18.2 Å². The Labute approximate surface area is 125 Å². The van der Waals surface area contributed by atoms with Gasteiger partial charge in [-0.3, -0.25) is 0 Å². The maximum absolute atomic E-state index is 13.2. The van der Waals surface area contributed by atoms with Gasteiger partial charge in [0.25, 0.3) is 0 Å². The van der Waals surface area contributed by atoms with Crippen LogP contribution in [0.2, 0.25) is 0 Å². The monoisotopic (exact) mass is 357 g/mol. The number of sulfone groups is 1. The van der Waals surface area contributed by atoms with Crippen molar-refractivity contribution < 1.29 is 12.8 Å². The number of benzene rings is 2. The SMILES string of the molecule is CS(=O)(=O)c1ccccc1NCc1cc(F)ccc1Br. The van der Waals surface area contributed by atoms with Gasteiger partial charge < -0.3 is 5.32 Å². The van der Waals surface area contributed by atoms with Crippen LogP contribution in [0.15, 0.2) is 51.8 Å². The predicted octanol–water partition coefficient (Wildman–Crippen LogP) is 3.60. The van der Waals surface area contributed by atoms with Crippen LogP contribution < -0.4 is 5.32 Å². The van der Waals surface area contributed by atoms with Crippen molar-refractivity contribution in [2.24, 2.45) is 0 Å². The van der Waals surface area contributed by atoms with Gasteiger partial charge in [-0.15, -0.1) is 0 Å². The van der Waals surface area contributed by atoms with Crippen molar-refractivity contribution in [1.29, 1.82) is 0 Å². The summed E-state index contributed by atoms with van der Waals surface area (Å²) in [7, 11) is -3.30. The van der Waals surface area contributed by atoms with Gasteiger partial charge >= 0.3 is 0 Å². The quantitative estimate of drug-likeness (QED) is 0.908. The molecule has 0 amide bonds. The van der Waals surface area contributed by atoms with Crippen LogP contribution in [-0.2, 0) is 16.4 Å². The van der Waals surface area contributed by atoms with Crippen molar-refractivity contribution in [2.75, 3.05) is 11.6 Å². The molecule has 0 bridgehead atoms. The lowest BCUT2D eigenvalue weighted by Crippen LogP contribution is -2.06. The van der Waals surface area contributed by atoms with E-state index in [1.807, 2.05) is 0 Å². The van der Waals surface area contributed by atoms with Crippen LogP contribution in [0.3, 0.4) is 0 Å². The standard InChI is InChI=1S/C14H13BrFNO2S/c1-20(18,19)14-5-3-2-4-13(14)17-9-10-8-11(16)6-7-12(10)15/h2-8,17H,9H2,1H3. The first-order valence-corrected chi connectivity index (χ1v) is 8.53. The third-order valence-electron chi connectivity index (χ3n) is 2.76. The van der Waals surface area contributed by atoms with E-state index < -0.39 is 9.84 Å². The zero-order valence-corrected chi connectivity index (χ0v) is 13.1. The van der Waals surface area contributed by atoms with Crippen molar-refractivity contribution in [3.8, 4) is 0 Å². The van der Waals surface area contributed by atoms with Crippen LogP contribution in [-0.4, -0.2) is 14.7 Å². The van der Waals surface area contributed by atoms with Gasteiger partial charge in [-0.25, -0.2) is 12.8 Å². The number of para-hydroxylation sites is 1. The number of nitrogens with one attached hydrogen (secondary N) is 1. The summed E-state index contributed by atoms with van der Waals surface area (Å²) in [4.78, 5) is 0.229. The zero-order valence-electron chi connectivity index (χ0n) is 10.7. The van der Waals surface area contributed by atoms with E-state index in [0.29, 0.717) is 17.8 Å². The molecule has 2 aromatic rings. The van der Waals surface area contributed by atoms with E-state index in [4.69, 9.17) is 0 Å². The Kier molecular flexibility index (Phi) is 4.45. The van der Waals surface area contributed by atoms with E-state index in [-0.39, 0.29) is 10.7 Å². The highest BCUT2D eigenvalue weighted by Crippen LogP contribution is 2.23. The molecule has 2 rings (SSSR count). The van der Waals surface area contributed by atoms with Crippen LogP contribution in [0.25, 0.3) is 0 Å². The zero-order chi connectivity index (χ0) is 14.8. The largest absolute Gasteiger partial charge is 0.380 e. The number of anilines is 1. The molecule has 6 heteroatoms. The van der Waals surface area contributed by atoms with Gasteiger partial charge in [-0.05, 0) is 35.9 Å². The minimum Gasteiger partial charge on any atom is -0.380 e. The van der Waals surface area contributed by atoms with Crippen LogP contribution >= 0.6 is 15.9 Å². The third-order valence-corrected chi connectivity index (χ3v) is 4.69. The van der Waals surface area contributed by atoms with Crippen molar-refractivity contribution in [2.45, 2.75) is 11.4 Å². The molecule has 0 aliphatic heterocycles. The Morgan fingerprint density at radius 1 is 1.20 bits per heavy atom. The van der Waals surface area contributed by atoms with Crippen molar-refractivity contribution >= 4 is 31.5 Å². The smallest absolute Gasteiger partial charge is 0.177 e. The molecule has 0 fully saturated rings. The van der Waals surface area contributed by atoms with Gasteiger partial charge in [-0.2, -0.15) is 0 Å². The van der Waals surface area contributed by atoms with E-state index in [9.17, 15) is 12.8 Å². The van der Waals surface area contributed by atoms with E-state index in [0.717, 1.165) is 10.7 Å². The molecule has 106 valence electrons. The van der Waals surface area contributed by atoms with E-state index in [1.54, 1.807) is 24.3 Å². The highest BCUT2D eigenvalue weighted by atomic mass is 79.9. The molecule has 0 aliphatic rings. The summed E-state index contributed by atoms with van der Waals surface area (Å²) in [5, 5.41) is 3.03. The summed E-state index contributed by atoms with van der Waals surface area (Å²) in [6.07, 6.45) is 1.16. The summed E-state index contributed by atoms with van der Waals surface area (Å²) in [6.45, 7) is 0.324. The third kappa shape index (κ3) is 3.58. The molecule has 0 aromatic heterocycles. The van der Waals surface area contributed by atoms with Gasteiger partial charge in [0.2, 0.25) is 0 Å². The first-order valence-electron chi connectivity index (χ1n) is 5.85. The van der Waals surface area contributed by atoms with Crippen LogP contribution in [0, 0.1) is 5.82 Å². The van der Waals surface area contributed by atoms with Gasteiger partial charge in [0.15, 0.2) is 9.84 Å². The van der Waals surface area contributed by atoms with Crippen LogP contribution in [0.4, 0.5) is 10.1 Å². The lowest BCUT2D eigenvalue weighted by molar-refractivity contribution is 0.602. The molecule has 0 radical (unpaired) electrons. The van der Waals surface area contributed by atoms with Crippen LogP contribution in [0.5, 0.6) is 0 Å². The molecule has 0 unspecified atom stereocenters. The maximum Gasteiger partial charge on any atom is 0.177 e. The van der Waals surface area contributed by atoms with Crippen molar-refractivity contribution in [3.05, 3.63) is 58.3 Å². The molecule has 0 saturated carbocycles. The van der Waals surface area contributed by atoms with Gasteiger partial charge in [0.05, 0.1) is 10.6 Å². The fourth-order valence-corrected chi connectivity index (χ4v) is 3.06. The molecular weight excluding hydrogens is 345 g/mol. The molecule has 20 heavy (non-hydrogen) atoms. The second kappa shape index (κ2) is 5.93. The van der Waals surface area contributed by atoms with Crippen molar-refractivity contribution in [1.82, 2.24) is 0 Å². The lowest BCUT2D eigenvalue weighted by Gasteiger charge is -2.11. The minimum atomic E-state index is -3.30. The van der Waals surface area contributed by atoms with Gasteiger partial charge in [0, 0.05) is 17.3 Å². The fraction of sp³-hybridized carbons (Fsp3) is 0.143. The average Bonchev–Trinajstić information content (AvgIpc) is 2.39. The minimum absolute atomic E-state index is 0.229. The Balaban J connectivity index is 2.26. The first-order chi connectivity index (χ1) is 9.38. The Morgan fingerprint density at radius 2 is 1.90 bits per heavy atom. The van der Waals surface area contributed by atoms with Crippen molar-refractivity contribution in [3.63, 3.8) is 0 Å². The number of hydrogen-bond donors (Lipinski definition) is 1. The molecule has 0 saturated heterocycles. The highest BCUT2D eigenvalue weighted by molar-refractivity contribution is 9.10. The number of halogens is 2.